The van der Waals surface area contributed by atoms with Gasteiger partial charge >= 0.3 is 129 Å². The Bertz CT molecular complexity index is 549. The number of rotatable bonds is 3. The summed E-state index contributed by atoms with van der Waals surface area (Å²) in [5.41, 5.74) is 4.58. The summed E-state index contributed by atoms with van der Waals surface area (Å²) in [5, 5.41) is 3.32. The van der Waals surface area contributed by atoms with Crippen LogP contribution in [0.4, 0.5) is 0 Å². The molecule has 0 saturated carbocycles. The van der Waals surface area contributed by atoms with Crippen LogP contribution < -0.4 is 10.2 Å². The summed E-state index contributed by atoms with van der Waals surface area (Å²) in [4.78, 5) is 6.42. The molecule has 2 N–H and O–H groups in total. The molecule has 0 aromatic heterocycles. The Kier molecular flexibility index (Phi) is 4.17. The van der Waals surface area contributed by atoms with E-state index >= 15 is 0 Å². The van der Waals surface area contributed by atoms with Crippen molar-refractivity contribution in [3.8, 4) is 0 Å². The van der Waals surface area contributed by atoms with Crippen molar-refractivity contribution >= 4 is 19.8 Å². The maximum absolute atomic E-state index is 3.32. The van der Waals surface area contributed by atoms with Gasteiger partial charge in [-0.05, 0) is 0 Å². The predicted octanol–water partition coefficient (Wildman–Crippen LogP) is 2.53. The first-order valence-corrected chi connectivity index (χ1v) is 12.7. The van der Waals surface area contributed by atoms with Crippen molar-refractivity contribution in [2.45, 2.75) is 25.8 Å². The van der Waals surface area contributed by atoms with E-state index in [1.165, 1.54) is 28.9 Å². The van der Waals surface area contributed by atoms with E-state index in [1.807, 2.05) is 0 Å². The average molecular weight is 383 g/mol. The number of allylic oxidation sites excluding steroid dienone is 2. The van der Waals surface area contributed by atoms with E-state index in [4.69, 9.17) is 0 Å². The second-order valence-electron chi connectivity index (χ2n) is 5.70. The number of nitrogens with one attached hydrogen (secondary N) is 2. The number of hydrogen-bond acceptors (Lipinski definition) is 1. The molecular formula is C17H24IN2+. The number of halogens is 1. The molecule has 0 spiro atoms. The van der Waals surface area contributed by atoms with Crippen LogP contribution in [0.2, 0.25) is 0 Å². The second-order valence-corrected chi connectivity index (χ2v) is 11.2. The van der Waals surface area contributed by atoms with Crippen LogP contribution in [0.15, 0.2) is 57.1 Å². The fraction of sp³-hybridized carbons (Fsp3) is 0.412. The Morgan fingerprint density at radius 1 is 1.35 bits per heavy atom. The molecule has 0 radical (unpaired) electrons. The summed E-state index contributed by atoms with van der Waals surface area (Å²) in [6.45, 7) is 3.26. The molecule has 3 heterocycles. The molecule has 20 heavy (non-hydrogen) atoms. The molecule has 0 saturated heterocycles. The van der Waals surface area contributed by atoms with Crippen molar-refractivity contribution < 1.29 is 4.90 Å². The molecule has 2 unspecified atom stereocenters. The van der Waals surface area contributed by atoms with E-state index in [-0.39, 0.29) is 0 Å². The van der Waals surface area contributed by atoms with Gasteiger partial charge in [0.15, 0.2) is 0 Å². The van der Waals surface area contributed by atoms with Crippen molar-refractivity contribution in [3.63, 3.8) is 0 Å². The number of dihydropyridines is 1. The van der Waals surface area contributed by atoms with Crippen LogP contribution in [-0.2, 0) is 0 Å². The van der Waals surface area contributed by atoms with Crippen molar-refractivity contribution in [3.05, 3.63) is 57.1 Å². The minimum absolute atomic E-state index is 0.495. The van der Waals surface area contributed by atoms with E-state index in [9.17, 15) is 0 Å². The van der Waals surface area contributed by atoms with Crippen LogP contribution in [0.5, 0.6) is 0 Å². The molecule has 3 rings (SSSR count). The van der Waals surface area contributed by atoms with Gasteiger partial charge in [0, 0.05) is 0 Å². The van der Waals surface area contributed by atoms with Crippen LogP contribution in [0.1, 0.15) is 19.8 Å². The van der Waals surface area contributed by atoms with E-state index in [0.29, 0.717) is 6.04 Å². The molecule has 0 aromatic carbocycles. The zero-order valence-electron chi connectivity index (χ0n) is 12.5. The van der Waals surface area contributed by atoms with Gasteiger partial charge in [-0.15, -0.1) is 0 Å². The van der Waals surface area contributed by atoms with Crippen molar-refractivity contribution in [2.24, 2.45) is 0 Å². The molecule has 0 fully saturated rings. The topological polar surface area (TPSA) is 16.5 Å². The molecule has 2 nitrogen and oxygen atoms in total. The summed E-state index contributed by atoms with van der Waals surface area (Å²) in [6, 6.07) is 0.495. The Labute approximate surface area is 129 Å². The third-order valence-electron chi connectivity index (χ3n) is 4.11. The zero-order chi connectivity index (χ0) is 14.1. The monoisotopic (exact) mass is 383 g/mol. The molecular weight excluding hydrogens is 359 g/mol. The van der Waals surface area contributed by atoms with E-state index in [2.05, 4.69) is 58.9 Å². The molecule has 0 bridgehead atoms. The maximum atomic E-state index is 3.32. The third kappa shape index (κ3) is 2.53. The number of quaternary nitrogens is 1. The third-order valence-corrected chi connectivity index (χ3v) is 7.44. The first-order valence-electron chi connectivity index (χ1n) is 7.31. The molecule has 0 aromatic rings. The summed E-state index contributed by atoms with van der Waals surface area (Å²) >= 11 is -0.929. The second kappa shape index (κ2) is 5.90. The summed E-state index contributed by atoms with van der Waals surface area (Å²) < 4.78 is 1.69. The van der Waals surface area contributed by atoms with Gasteiger partial charge in [-0.25, -0.2) is 0 Å². The zero-order valence-corrected chi connectivity index (χ0v) is 14.7. The average Bonchev–Trinajstić information content (AvgIpc) is 2.46. The van der Waals surface area contributed by atoms with Gasteiger partial charge < -0.3 is 0 Å². The summed E-state index contributed by atoms with van der Waals surface area (Å²) in [6.07, 6.45) is 16.5. The summed E-state index contributed by atoms with van der Waals surface area (Å²) in [5.74, 6) is 0. The molecule has 0 amide bonds. The number of hydrogen-bond donors (Lipinski definition) is 2. The van der Waals surface area contributed by atoms with Gasteiger partial charge in [0.1, 0.15) is 0 Å². The Morgan fingerprint density at radius 2 is 2.20 bits per heavy atom. The van der Waals surface area contributed by atoms with Crippen LogP contribution in [0.25, 0.3) is 0 Å². The predicted molar refractivity (Wildman–Crippen MR) is 95.0 cm³/mol. The van der Waals surface area contributed by atoms with Crippen LogP contribution in [0, 0.1) is 0 Å². The Hall–Kier alpha value is -0.810. The fourth-order valence-electron chi connectivity index (χ4n) is 3.13. The van der Waals surface area contributed by atoms with E-state index in [1.54, 1.807) is 9.15 Å². The summed E-state index contributed by atoms with van der Waals surface area (Å²) in [7, 11) is 0. The van der Waals surface area contributed by atoms with Crippen LogP contribution >= 0.6 is 19.8 Å². The molecule has 0 aliphatic carbocycles. The van der Waals surface area contributed by atoms with Gasteiger partial charge in [0.2, 0.25) is 0 Å². The normalized spacial score (nSPS) is 28.2. The Balaban J connectivity index is 1.98. The van der Waals surface area contributed by atoms with Crippen LogP contribution in [-0.4, -0.2) is 22.4 Å². The molecule has 3 aliphatic rings. The first kappa shape index (κ1) is 14.1. The van der Waals surface area contributed by atoms with Crippen molar-refractivity contribution in [2.75, 3.05) is 16.4 Å². The molecule has 3 aliphatic heterocycles. The van der Waals surface area contributed by atoms with E-state index in [0.717, 1.165) is 6.54 Å². The SMILES string of the molecule is CCCC1=CC2C3=C(C=C[NH+]2C=C1I(C)C)CNC=C3. The molecule has 108 valence electrons. The standard InChI is InChI=1S/C17H23IN2/c1-4-5-13-10-17-15-6-8-19-11-14(15)7-9-20(17)12-16(13)18(2)3/h6-10,12,17,19H,4-5,11H2,1-3H3/p+1. The Morgan fingerprint density at radius 3 is 2.95 bits per heavy atom. The van der Waals surface area contributed by atoms with Gasteiger partial charge in [-0.1, -0.05) is 0 Å². The number of fused-ring (bicyclic) bond motifs is 2. The van der Waals surface area contributed by atoms with Crippen molar-refractivity contribution in [1.82, 2.24) is 5.32 Å². The van der Waals surface area contributed by atoms with Gasteiger partial charge in [-0.3, -0.25) is 0 Å². The van der Waals surface area contributed by atoms with Gasteiger partial charge in [0.25, 0.3) is 0 Å². The van der Waals surface area contributed by atoms with Crippen LogP contribution in [0.3, 0.4) is 0 Å². The first-order chi connectivity index (χ1) is 9.70. The quantitative estimate of drug-likeness (QED) is 0.566. The van der Waals surface area contributed by atoms with Gasteiger partial charge in [-0.2, -0.15) is 0 Å². The molecule has 2 atom stereocenters. The minimum atomic E-state index is -0.929. The van der Waals surface area contributed by atoms with Gasteiger partial charge in [0.05, 0.1) is 0 Å². The molecule has 3 heteroatoms. The fourth-order valence-corrected chi connectivity index (χ4v) is 5.95. The van der Waals surface area contributed by atoms with Crippen molar-refractivity contribution in [1.29, 1.82) is 0 Å². The number of alkyl halides is 2. The van der Waals surface area contributed by atoms with E-state index < -0.39 is 19.8 Å².